The van der Waals surface area contributed by atoms with Gasteiger partial charge in [0.2, 0.25) is 5.91 Å². The zero-order valence-electron chi connectivity index (χ0n) is 15.3. The van der Waals surface area contributed by atoms with Gasteiger partial charge in [-0.1, -0.05) is 48.2 Å². The highest BCUT2D eigenvalue weighted by Gasteiger charge is 2.32. The molecule has 0 bridgehead atoms. The van der Waals surface area contributed by atoms with Crippen LogP contribution in [0.2, 0.25) is 0 Å². The van der Waals surface area contributed by atoms with E-state index >= 15 is 0 Å². The smallest absolute Gasteiger partial charge is 0.233 e. The first-order chi connectivity index (χ1) is 13.1. The van der Waals surface area contributed by atoms with E-state index in [2.05, 4.69) is 31.5 Å². The van der Waals surface area contributed by atoms with E-state index in [0.717, 1.165) is 34.3 Å². The molecule has 2 heterocycles. The Morgan fingerprint density at radius 1 is 1.19 bits per heavy atom. The van der Waals surface area contributed by atoms with Gasteiger partial charge in [-0.25, -0.2) is 0 Å². The second-order valence-electron chi connectivity index (χ2n) is 6.79. The maximum Gasteiger partial charge on any atom is 0.233 e. The molecule has 1 aliphatic carbocycles. The number of aromatic nitrogens is 3. The largest absolute Gasteiger partial charge is 0.349 e. The molecular weight excluding hydrogens is 376 g/mol. The Balaban J connectivity index is 1.46. The Labute approximate surface area is 167 Å². The van der Waals surface area contributed by atoms with E-state index in [1.807, 2.05) is 50.2 Å². The van der Waals surface area contributed by atoms with Gasteiger partial charge in [-0.2, -0.15) is 0 Å². The SMILES string of the molecule is C[C@H](NC(=O)[C@@H](C)Sc1nnc(-c2cccs2)n1C1CC1)c1ccccc1. The van der Waals surface area contributed by atoms with E-state index < -0.39 is 0 Å². The summed E-state index contributed by atoms with van der Waals surface area (Å²) in [6.45, 7) is 3.93. The zero-order chi connectivity index (χ0) is 18.8. The number of carbonyl (C=O) groups excluding carboxylic acids is 1. The third-order valence-corrected chi connectivity index (χ3v) is 6.55. The van der Waals surface area contributed by atoms with Crippen LogP contribution in [0.4, 0.5) is 0 Å². The Kier molecular flexibility index (Phi) is 5.31. The van der Waals surface area contributed by atoms with Gasteiger partial charge in [-0.3, -0.25) is 9.36 Å². The minimum absolute atomic E-state index is 0.0133. The van der Waals surface area contributed by atoms with Gasteiger partial charge in [0.1, 0.15) is 0 Å². The van der Waals surface area contributed by atoms with Crippen molar-refractivity contribution in [1.29, 1.82) is 0 Å². The van der Waals surface area contributed by atoms with Crippen molar-refractivity contribution in [2.24, 2.45) is 0 Å². The lowest BCUT2D eigenvalue weighted by Crippen LogP contribution is -2.33. The second kappa shape index (κ2) is 7.86. The van der Waals surface area contributed by atoms with E-state index in [4.69, 9.17) is 0 Å². The first-order valence-electron chi connectivity index (χ1n) is 9.14. The highest BCUT2D eigenvalue weighted by Crippen LogP contribution is 2.42. The van der Waals surface area contributed by atoms with Gasteiger partial charge in [0.05, 0.1) is 16.2 Å². The fourth-order valence-electron chi connectivity index (χ4n) is 2.96. The number of rotatable bonds is 7. The third kappa shape index (κ3) is 4.09. The summed E-state index contributed by atoms with van der Waals surface area (Å²) in [5, 5.41) is 14.5. The van der Waals surface area contributed by atoms with E-state index in [-0.39, 0.29) is 17.2 Å². The number of carbonyl (C=O) groups is 1. The lowest BCUT2D eigenvalue weighted by molar-refractivity contribution is -0.120. The number of amides is 1. The fraction of sp³-hybridized carbons (Fsp3) is 0.350. The fourth-order valence-corrected chi connectivity index (χ4v) is 4.59. The molecule has 2 aromatic heterocycles. The second-order valence-corrected chi connectivity index (χ2v) is 9.04. The van der Waals surface area contributed by atoms with Gasteiger partial charge >= 0.3 is 0 Å². The molecule has 1 N–H and O–H groups in total. The molecule has 5 nitrogen and oxygen atoms in total. The summed E-state index contributed by atoms with van der Waals surface area (Å²) in [6.07, 6.45) is 2.30. The monoisotopic (exact) mass is 398 g/mol. The van der Waals surface area contributed by atoms with Crippen LogP contribution in [0.25, 0.3) is 10.7 Å². The topological polar surface area (TPSA) is 59.8 Å². The highest BCUT2D eigenvalue weighted by atomic mass is 32.2. The van der Waals surface area contributed by atoms with Crippen LogP contribution >= 0.6 is 23.1 Å². The maximum atomic E-state index is 12.7. The Morgan fingerprint density at radius 3 is 2.63 bits per heavy atom. The van der Waals surface area contributed by atoms with Crippen molar-refractivity contribution in [3.63, 3.8) is 0 Å². The number of nitrogens with zero attached hydrogens (tertiary/aromatic N) is 3. The van der Waals surface area contributed by atoms with Crippen molar-refractivity contribution < 1.29 is 4.79 Å². The van der Waals surface area contributed by atoms with Crippen LogP contribution in [0.5, 0.6) is 0 Å². The maximum absolute atomic E-state index is 12.7. The van der Waals surface area contributed by atoms with Gasteiger partial charge in [0.25, 0.3) is 0 Å². The molecule has 0 saturated heterocycles. The standard InChI is InChI=1S/C20H22N4OS2/c1-13(15-7-4-3-5-8-15)21-19(25)14(2)27-20-23-22-18(17-9-6-12-26-17)24(20)16-10-11-16/h3-9,12-14,16H,10-11H2,1-2H3,(H,21,25)/t13-,14+/m0/s1. The van der Waals surface area contributed by atoms with Crippen LogP contribution in [-0.2, 0) is 4.79 Å². The van der Waals surface area contributed by atoms with Crippen LogP contribution in [0.15, 0.2) is 53.0 Å². The van der Waals surface area contributed by atoms with E-state index in [0.29, 0.717) is 6.04 Å². The van der Waals surface area contributed by atoms with Gasteiger partial charge < -0.3 is 5.32 Å². The molecule has 7 heteroatoms. The van der Waals surface area contributed by atoms with Crippen LogP contribution < -0.4 is 5.32 Å². The summed E-state index contributed by atoms with van der Waals surface area (Å²) in [4.78, 5) is 13.8. The first-order valence-corrected chi connectivity index (χ1v) is 10.9. The van der Waals surface area contributed by atoms with Crippen molar-refractivity contribution in [2.75, 3.05) is 0 Å². The predicted molar refractivity (Wildman–Crippen MR) is 110 cm³/mol. The summed E-state index contributed by atoms with van der Waals surface area (Å²) in [5.74, 6) is 0.930. The van der Waals surface area contributed by atoms with Crippen LogP contribution in [0.1, 0.15) is 44.3 Å². The van der Waals surface area contributed by atoms with Crippen molar-refractivity contribution in [3.8, 4) is 10.7 Å². The Morgan fingerprint density at radius 2 is 1.96 bits per heavy atom. The average Bonchev–Trinajstić information content (AvgIpc) is 3.20. The zero-order valence-corrected chi connectivity index (χ0v) is 17.0. The van der Waals surface area contributed by atoms with Gasteiger partial charge in [-0.15, -0.1) is 21.5 Å². The van der Waals surface area contributed by atoms with Crippen molar-refractivity contribution in [1.82, 2.24) is 20.1 Å². The molecule has 27 heavy (non-hydrogen) atoms. The summed E-state index contributed by atoms with van der Waals surface area (Å²) in [7, 11) is 0. The molecule has 2 atom stereocenters. The number of nitrogens with one attached hydrogen (secondary N) is 1. The number of thioether (sulfide) groups is 1. The molecule has 140 valence electrons. The minimum Gasteiger partial charge on any atom is -0.349 e. The van der Waals surface area contributed by atoms with Crippen molar-refractivity contribution in [2.45, 2.75) is 49.2 Å². The van der Waals surface area contributed by atoms with Crippen LogP contribution in [-0.4, -0.2) is 25.9 Å². The minimum atomic E-state index is -0.242. The molecule has 0 radical (unpaired) electrons. The molecule has 1 amide bonds. The molecule has 1 aromatic carbocycles. The Hall–Kier alpha value is -2.12. The molecule has 0 unspecified atom stereocenters. The molecule has 0 aliphatic heterocycles. The predicted octanol–water partition coefficient (Wildman–Crippen LogP) is 4.70. The summed E-state index contributed by atoms with van der Waals surface area (Å²) in [6, 6.07) is 14.5. The average molecular weight is 399 g/mol. The lowest BCUT2D eigenvalue weighted by Gasteiger charge is -2.18. The Bertz CT molecular complexity index is 903. The number of hydrogen-bond acceptors (Lipinski definition) is 5. The number of benzene rings is 1. The van der Waals surface area contributed by atoms with Gasteiger partial charge in [0, 0.05) is 6.04 Å². The molecule has 1 saturated carbocycles. The summed E-state index contributed by atoms with van der Waals surface area (Å²) in [5.41, 5.74) is 1.10. The van der Waals surface area contributed by atoms with E-state index in [1.54, 1.807) is 11.3 Å². The molecule has 4 rings (SSSR count). The molecule has 1 fully saturated rings. The normalized spacial score (nSPS) is 16.1. The van der Waals surface area contributed by atoms with E-state index in [9.17, 15) is 4.79 Å². The van der Waals surface area contributed by atoms with Crippen LogP contribution in [0, 0.1) is 0 Å². The quantitative estimate of drug-likeness (QED) is 0.586. The summed E-state index contributed by atoms with van der Waals surface area (Å²) >= 11 is 3.15. The number of hydrogen-bond donors (Lipinski definition) is 1. The first kappa shape index (κ1) is 18.3. The van der Waals surface area contributed by atoms with E-state index in [1.165, 1.54) is 11.8 Å². The molecule has 1 aliphatic rings. The number of thiophene rings is 1. The molecular formula is C20H22N4OS2. The third-order valence-electron chi connectivity index (χ3n) is 4.63. The summed E-state index contributed by atoms with van der Waals surface area (Å²) < 4.78 is 2.21. The lowest BCUT2D eigenvalue weighted by atomic mass is 10.1. The van der Waals surface area contributed by atoms with Crippen molar-refractivity contribution in [3.05, 3.63) is 53.4 Å². The molecule has 3 aromatic rings. The van der Waals surface area contributed by atoms with Crippen molar-refractivity contribution >= 4 is 29.0 Å². The molecule has 0 spiro atoms. The van der Waals surface area contributed by atoms with Gasteiger partial charge in [0.15, 0.2) is 11.0 Å². The van der Waals surface area contributed by atoms with Crippen LogP contribution in [0.3, 0.4) is 0 Å². The highest BCUT2D eigenvalue weighted by molar-refractivity contribution is 8.00. The van der Waals surface area contributed by atoms with Gasteiger partial charge in [-0.05, 0) is 43.7 Å².